The number of nitrogens with one attached hydrogen (secondary N) is 1. The quantitative estimate of drug-likeness (QED) is 0.882. The normalized spacial score (nSPS) is 23.7. The highest BCUT2D eigenvalue weighted by atomic mass is 35.5. The number of rotatable bonds is 3. The van der Waals surface area contributed by atoms with Gasteiger partial charge in [-0.05, 0) is 19.4 Å². The van der Waals surface area contributed by atoms with Gasteiger partial charge in [0.25, 0.3) is 0 Å². The van der Waals surface area contributed by atoms with E-state index in [0.717, 1.165) is 51.4 Å². The molecule has 7 heteroatoms. The van der Waals surface area contributed by atoms with Crippen molar-refractivity contribution in [1.82, 2.24) is 24.7 Å². The van der Waals surface area contributed by atoms with Crippen LogP contribution in [0.4, 0.5) is 0 Å². The van der Waals surface area contributed by atoms with Crippen LogP contribution in [0.15, 0.2) is 6.20 Å². The van der Waals surface area contributed by atoms with E-state index < -0.39 is 0 Å². The van der Waals surface area contributed by atoms with Crippen molar-refractivity contribution in [3.05, 3.63) is 17.2 Å². The van der Waals surface area contributed by atoms with Gasteiger partial charge in [0, 0.05) is 33.2 Å². The van der Waals surface area contributed by atoms with Gasteiger partial charge >= 0.3 is 0 Å². The lowest BCUT2D eigenvalue weighted by Gasteiger charge is -2.32. The van der Waals surface area contributed by atoms with E-state index in [4.69, 9.17) is 11.6 Å². The SMILES string of the molecule is Cn1c(Cl)cnc1CN1CCCC1C(=O)N1CCNCC1. The zero-order chi connectivity index (χ0) is 14.8. The lowest BCUT2D eigenvalue weighted by molar-refractivity contribution is -0.136. The summed E-state index contributed by atoms with van der Waals surface area (Å²) in [5, 5.41) is 3.92. The van der Waals surface area contributed by atoms with E-state index in [2.05, 4.69) is 15.2 Å². The maximum absolute atomic E-state index is 12.7. The van der Waals surface area contributed by atoms with Crippen LogP contribution in [0, 0.1) is 0 Å². The van der Waals surface area contributed by atoms with Gasteiger partial charge in [-0.2, -0.15) is 0 Å². The van der Waals surface area contributed by atoms with E-state index >= 15 is 0 Å². The van der Waals surface area contributed by atoms with Crippen molar-refractivity contribution in [1.29, 1.82) is 0 Å². The summed E-state index contributed by atoms with van der Waals surface area (Å²) in [6, 6.07) is -0.00132. The Morgan fingerprint density at radius 3 is 2.86 bits per heavy atom. The summed E-state index contributed by atoms with van der Waals surface area (Å²) in [5.41, 5.74) is 0. The summed E-state index contributed by atoms with van der Waals surface area (Å²) in [4.78, 5) is 21.3. The molecule has 116 valence electrons. The van der Waals surface area contributed by atoms with Crippen molar-refractivity contribution < 1.29 is 4.79 Å². The maximum atomic E-state index is 12.7. The summed E-state index contributed by atoms with van der Waals surface area (Å²) >= 11 is 6.04. The van der Waals surface area contributed by atoms with Crippen LogP contribution in [-0.2, 0) is 18.4 Å². The molecule has 0 bridgehead atoms. The first-order chi connectivity index (χ1) is 10.2. The van der Waals surface area contributed by atoms with Crippen LogP contribution in [0.1, 0.15) is 18.7 Å². The molecule has 0 saturated carbocycles. The molecule has 1 unspecified atom stereocenters. The summed E-state index contributed by atoms with van der Waals surface area (Å²) < 4.78 is 1.88. The first kappa shape index (κ1) is 14.8. The summed E-state index contributed by atoms with van der Waals surface area (Å²) in [7, 11) is 1.91. The zero-order valence-electron chi connectivity index (χ0n) is 12.4. The molecule has 1 N–H and O–H groups in total. The van der Waals surface area contributed by atoms with E-state index in [1.54, 1.807) is 6.20 Å². The van der Waals surface area contributed by atoms with Gasteiger partial charge in [-0.25, -0.2) is 4.98 Å². The van der Waals surface area contributed by atoms with Crippen LogP contribution >= 0.6 is 11.6 Å². The topological polar surface area (TPSA) is 53.4 Å². The van der Waals surface area contributed by atoms with Gasteiger partial charge < -0.3 is 14.8 Å². The zero-order valence-corrected chi connectivity index (χ0v) is 13.1. The predicted molar refractivity (Wildman–Crippen MR) is 81.1 cm³/mol. The molecule has 1 amide bonds. The Hall–Kier alpha value is -1.11. The van der Waals surface area contributed by atoms with Gasteiger partial charge in [-0.3, -0.25) is 9.69 Å². The minimum Gasteiger partial charge on any atom is -0.339 e. The molecule has 6 nitrogen and oxygen atoms in total. The Kier molecular flexibility index (Phi) is 4.47. The number of aromatic nitrogens is 2. The molecule has 0 radical (unpaired) electrons. The van der Waals surface area contributed by atoms with E-state index in [0.29, 0.717) is 11.7 Å². The summed E-state index contributed by atoms with van der Waals surface area (Å²) in [6.45, 7) is 5.06. The average molecular weight is 312 g/mol. The van der Waals surface area contributed by atoms with E-state index in [1.165, 1.54) is 0 Å². The maximum Gasteiger partial charge on any atom is 0.240 e. The molecule has 1 aromatic rings. The fourth-order valence-corrected chi connectivity index (χ4v) is 3.29. The molecule has 0 aliphatic carbocycles. The number of amides is 1. The third-order valence-electron chi connectivity index (χ3n) is 4.45. The Bertz CT molecular complexity index is 511. The van der Waals surface area contributed by atoms with Gasteiger partial charge in [-0.1, -0.05) is 11.6 Å². The lowest BCUT2D eigenvalue weighted by atomic mass is 10.1. The molecule has 1 aromatic heterocycles. The number of hydrogen-bond acceptors (Lipinski definition) is 4. The summed E-state index contributed by atoms with van der Waals surface area (Å²) in [5.74, 6) is 1.19. The molecule has 3 heterocycles. The number of piperazine rings is 1. The fourth-order valence-electron chi connectivity index (χ4n) is 3.14. The number of likely N-dealkylation sites (tertiary alicyclic amines) is 1. The second-order valence-electron chi connectivity index (χ2n) is 5.76. The number of imidazole rings is 1. The molecule has 2 fully saturated rings. The number of halogens is 1. The van der Waals surface area contributed by atoms with Crippen LogP contribution in [-0.4, -0.2) is 64.0 Å². The highest BCUT2D eigenvalue weighted by Gasteiger charge is 2.34. The second-order valence-corrected chi connectivity index (χ2v) is 6.15. The highest BCUT2D eigenvalue weighted by Crippen LogP contribution is 2.22. The first-order valence-corrected chi connectivity index (χ1v) is 7.94. The largest absolute Gasteiger partial charge is 0.339 e. The lowest BCUT2D eigenvalue weighted by Crippen LogP contribution is -2.52. The van der Waals surface area contributed by atoms with Crippen molar-refractivity contribution in [3.63, 3.8) is 0 Å². The van der Waals surface area contributed by atoms with Gasteiger partial charge in [0.1, 0.15) is 11.0 Å². The predicted octanol–water partition coefficient (Wildman–Crippen LogP) is 0.470. The van der Waals surface area contributed by atoms with E-state index in [1.807, 2.05) is 16.5 Å². The average Bonchev–Trinajstić information content (AvgIpc) is 3.10. The smallest absolute Gasteiger partial charge is 0.240 e. The van der Waals surface area contributed by atoms with Crippen molar-refractivity contribution in [3.8, 4) is 0 Å². The molecular formula is C14H22ClN5O. The van der Waals surface area contributed by atoms with Gasteiger partial charge in [0.05, 0.1) is 18.8 Å². The second kappa shape index (κ2) is 6.34. The fraction of sp³-hybridized carbons (Fsp3) is 0.714. The Morgan fingerprint density at radius 2 is 2.19 bits per heavy atom. The van der Waals surface area contributed by atoms with Gasteiger partial charge in [-0.15, -0.1) is 0 Å². The van der Waals surface area contributed by atoms with Crippen molar-refractivity contribution >= 4 is 17.5 Å². The Morgan fingerprint density at radius 1 is 1.43 bits per heavy atom. The number of carbonyl (C=O) groups excluding carboxylic acids is 1. The highest BCUT2D eigenvalue weighted by molar-refractivity contribution is 6.29. The van der Waals surface area contributed by atoms with Crippen LogP contribution in [0.3, 0.4) is 0 Å². The molecule has 0 spiro atoms. The minimum atomic E-state index is -0.00132. The minimum absolute atomic E-state index is 0.00132. The molecular weight excluding hydrogens is 290 g/mol. The Labute approximate surface area is 130 Å². The number of nitrogens with zero attached hydrogens (tertiary/aromatic N) is 4. The standard InChI is InChI=1S/C14H22ClN5O/c1-18-12(15)9-17-13(18)10-20-6-2-3-11(20)14(21)19-7-4-16-5-8-19/h9,11,16H,2-8,10H2,1H3. The van der Waals surface area contributed by atoms with Crippen molar-refractivity contribution in [2.75, 3.05) is 32.7 Å². The molecule has 3 rings (SSSR count). The van der Waals surface area contributed by atoms with E-state index in [-0.39, 0.29) is 11.9 Å². The number of hydrogen-bond donors (Lipinski definition) is 1. The monoisotopic (exact) mass is 311 g/mol. The van der Waals surface area contributed by atoms with Gasteiger partial charge in [0.15, 0.2) is 0 Å². The van der Waals surface area contributed by atoms with Crippen LogP contribution < -0.4 is 5.32 Å². The van der Waals surface area contributed by atoms with Crippen LogP contribution in [0.25, 0.3) is 0 Å². The third kappa shape index (κ3) is 3.07. The molecule has 1 atom stereocenters. The van der Waals surface area contributed by atoms with Crippen LogP contribution in [0.5, 0.6) is 0 Å². The van der Waals surface area contributed by atoms with Crippen molar-refractivity contribution in [2.45, 2.75) is 25.4 Å². The van der Waals surface area contributed by atoms with Gasteiger partial charge in [0.2, 0.25) is 5.91 Å². The van der Waals surface area contributed by atoms with Crippen molar-refractivity contribution in [2.24, 2.45) is 7.05 Å². The summed E-state index contributed by atoms with van der Waals surface area (Å²) in [6.07, 6.45) is 3.68. The third-order valence-corrected chi connectivity index (χ3v) is 4.80. The molecule has 0 aromatic carbocycles. The van der Waals surface area contributed by atoms with Crippen LogP contribution in [0.2, 0.25) is 5.15 Å². The molecule has 2 aliphatic rings. The molecule has 2 saturated heterocycles. The molecule has 2 aliphatic heterocycles. The molecule has 21 heavy (non-hydrogen) atoms. The first-order valence-electron chi connectivity index (χ1n) is 7.56. The van der Waals surface area contributed by atoms with E-state index in [9.17, 15) is 4.79 Å². The number of carbonyl (C=O) groups is 1. The Balaban J connectivity index is 1.67.